The van der Waals surface area contributed by atoms with Crippen LogP contribution in [0.15, 0.2) is 0 Å². The molecule has 0 radical (unpaired) electrons. The maximum Gasteiger partial charge on any atom is 0.310 e. The van der Waals surface area contributed by atoms with Gasteiger partial charge in [0.2, 0.25) is 0 Å². The molecule has 4 heteroatoms. The summed E-state index contributed by atoms with van der Waals surface area (Å²) >= 11 is 0. The van der Waals surface area contributed by atoms with Gasteiger partial charge in [0.15, 0.2) is 0 Å². The van der Waals surface area contributed by atoms with Crippen molar-refractivity contribution in [3.63, 3.8) is 0 Å². The largest absolute Gasteiger partial charge is 0.469 e. The Morgan fingerprint density at radius 2 is 1.31 bits per heavy atom. The molecule has 0 amide bonds. The van der Waals surface area contributed by atoms with E-state index in [9.17, 15) is 9.59 Å². The van der Waals surface area contributed by atoms with Gasteiger partial charge in [0.1, 0.15) is 0 Å². The van der Waals surface area contributed by atoms with Gasteiger partial charge < -0.3 is 9.47 Å². The van der Waals surface area contributed by atoms with Crippen LogP contribution < -0.4 is 0 Å². The van der Waals surface area contributed by atoms with E-state index in [2.05, 4.69) is 9.47 Å². The van der Waals surface area contributed by atoms with Crippen LogP contribution in [0.5, 0.6) is 0 Å². The lowest BCUT2D eigenvalue weighted by Gasteiger charge is -2.13. The van der Waals surface area contributed by atoms with Crippen molar-refractivity contribution < 1.29 is 19.1 Å². The van der Waals surface area contributed by atoms with Gasteiger partial charge in [-0.05, 0) is 20.8 Å². The highest BCUT2D eigenvalue weighted by Crippen LogP contribution is 2.13. The number of ether oxygens (including phenoxy) is 2. The third-order valence-corrected chi connectivity index (χ3v) is 1.09. The number of rotatable bonds is 0. The van der Waals surface area contributed by atoms with Crippen LogP contribution in [0.4, 0.5) is 0 Å². The number of hydrogen-bond donors (Lipinski definition) is 0. The van der Waals surface area contributed by atoms with Gasteiger partial charge in [0.05, 0.1) is 19.6 Å². The summed E-state index contributed by atoms with van der Waals surface area (Å²) in [6.07, 6.45) is 0. The second-order valence-electron chi connectivity index (χ2n) is 3.44. The van der Waals surface area contributed by atoms with Crippen molar-refractivity contribution in [1.82, 2.24) is 0 Å². The van der Waals surface area contributed by atoms with Crippen LogP contribution in [0.2, 0.25) is 0 Å². The molecule has 0 saturated carbocycles. The number of carbonyl (C=O) groups is 2. The van der Waals surface area contributed by atoms with Crippen molar-refractivity contribution in [3.05, 3.63) is 0 Å². The van der Waals surface area contributed by atoms with Crippen molar-refractivity contribution in [1.29, 1.82) is 0 Å². The molecule has 13 heavy (non-hydrogen) atoms. The molecule has 0 rings (SSSR count). The van der Waals surface area contributed by atoms with E-state index in [1.165, 1.54) is 21.1 Å². The van der Waals surface area contributed by atoms with Crippen LogP contribution >= 0.6 is 0 Å². The van der Waals surface area contributed by atoms with Crippen molar-refractivity contribution in [2.45, 2.75) is 27.7 Å². The van der Waals surface area contributed by atoms with Crippen molar-refractivity contribution in [3.8, 4) is 0 Å². The zero-order chi connectivity index (χ0) is 11.1. The van der Waals surface area contributed by atoms with E-state index in [4.69, 9.17) is 0 Å². The van der Waals surface area contributed by atoms with E-state index in [1.54, 1.807) is 0 Å². The maximum atomic E-state index is 10.6. The van der Waals surface area contributed by atoms with Crippen LogP contribution in [0.3, 0.4) is 0 Å². The van der Waals surface area contributed by atoms with Crippen LogP contribution in [0.1, 0.15) is 27.7 Å². The third-order valence-electron chi connectivity index (χ3n) is 1.09. The molecule has 78 valence electrons. The fourth-order valence-electron chi connectivity index (χ4n) is 0.306. The van der Waals surface area contributed by atoms with Crippen molar-refractivity contribution >= 4 is 11.9 Å². The lowest BCUT2D eigenvalue weighted by Crippen LogP contribution is -2.21. The SMILES string of the molecule is COC(=O)C(C)(C)C.COC(C)=O. The molecule has 0 aromatic rings. The van der Waals surface area contributed by atoms with Gasteiger partial charge in [-0.25, -0.2) is 0 Å². The van der Waals surface area contributed by atoms with E-state index in [0.29, 0.717) is 0 Å². The highest BCUT2D eigenvalue weighted by Gasteiger charge is 2.21. The molecule has 0 aliphatic rings. The molecular formula is C9H18O4. The first-order valence-corrected chi connectivity index (χ1v) is 3.88. The predicted octanol–water partition coefficient (Wildman–Crippen LogP) is 1.38. The Bertz CT molecular complexity index is 167. The molecule has 4 nitrogen and oxygen atoms in total. The second kappa shape index (κ2) is 6.46. The molecule has 0 fully saturated rings. The average Bonchev–Trinajstić information content (AvgIpc) is 2.02. The summed E-state index contributed by atoms with van der Waals surface area (Å²) in [5.74, 6) is -0.414. The number of methoxy groups -OCH3 is 2. The van der Waals surface area contributed by atoms with Crippen LogP contribution in [0.25, 0.3) is 0 Å². The third kappa shape index (κ3) is 10.9. The van der Waals surface area contributed by atoms with Crippen LogP contribution in [-0.2, 0) is 19.1 Å². The lowest BCUT2D eigenvalue weighted by molar-refractivity contribution is -0.149. The Kier molecular flexibility index (Phi) is 7.18. The highest BCUT2D eigenvalue weighted by atomic mass is 16.5. The fourth-order valence-corrected chi connectivity index (χ4v) is 0.306. The summed E-state index contributed by atoms with van der Waals surface area (Å²) in [7, 11) is 2.75. The molecule has 0 aromatic heterocycles. The molecule has 0 bridgehead atoms. The minimum atomic E-state index is -0.352. The molecule has 0 N–H and O–H groups in total. The highest BCUT2D eigenvalue weighted by molar-refractivity contribution is 5.75. The van der Waals surface area contributed by atoms with E-state index >= 15 is 0 Å². The van der Waals surface area contributed by atoms with E-state index in [1.807, 2.05) is 20.8 Å². The van der Waals surface area contributed by atoms with Gasteiger partial charge in [-0.2, -0.15) is 0 Å². The Morgan fingerprint density at radius 3 is 1.31 bits per heavy atom. The Morgan fingerprint density at radius 1 is 1.00 bits per heavy atom. The molecule has 0 saturated heterocycles. The maximum absolute atomic E-state index is 10.6. The summed E-state index contributed by atoms with van der Waals surface area (Å²) in [6, 6.07) is 0. The van der Waals surface area contributed by atoms with Gasteiger partial charge in [-0.15, -0.1) is 0 Å². The van der Waals surface area contributed by atoms with E-state index < -0.39 is 0 Å². The molecule has 0 unspecified atom stereocenters. The monoisotopic (exact) mass is 190 g/mol. The minimum Gasteiger partial charge on any atom is -0.469 e. The van der Waals surface area contributed by atoms with Gasteiger partial charge in [-0.3, -0.25) is 9.59 Å². The summed E-state index contributed by atoms with van der Waals surface area (Å²) in [6.45, 7) is 6.82. The van der Waals surface area contributed by atoms with Crippen molar-refractivity contribution in [2.75, 3.05) is 14.2 Å². The van der Waals surface area contributed by atoms with Gasteiger partial charge >= 0.3 is 11.9 Å². The van der Waals surface area contributed by atoms with Gasteiger partial charge in [-0.1, -0.05) is 0 Å². The topological polar surface area (TPSA) is 52.6 Å². The lowest BCUT2D eigenvalue weighted by atomic mass is 9.98. The van der Waals surface area contributed by atoms with Gasteiger partial charge in [0, 0.05) is 6.92 Å². The molecular weight excluding hydrogens is 172 g/mol. The molecule has 0 aliphatic heterocycles. The molecule has 0 atom stereocenters. The summed E-state index contributed by atoms with van der Waals surface area (Å²) < 4.78 is 8.59. The summed E-state index contributed by atoms with van der Waals surface area (Å²) in [4.78, 5) is 20.2. The number of esters is 2. The molecule has 0 aliphatic carbocycles. The molecule has 0 aromatic carbocycles. The smallest absolute Gasteiger partial charge is 0.310 e. The normalized spacial score (nSPS) is 9.38. The molecule has 0 heterocycles. The first-order chi connectivity index (χ1) is 5.75. The Labute approximate surface area is 79.2 Å². The second-order valence-corrected chi connectivity index (χ2v) is 3.44. The average molecular weight is 190 g/mol. The minimum absolute atomic E-state index is 0.169. The molecule has 0 spiro atoms. The Balaban J connectivity index is 0. The van der Waals surface area contributed by atoms with Crippen LogP contribution in [-0.4, -0.2) is 26.2 Å². The first kappa shape index (κ1) is 14.5. The van der Waals surface area contributed by atoms with Gasteiger partial charge in [0.25, 0.3) is 0 Å². The quantitative estimate of drug-likeness (QED) is 0.541. The van der Waals surface area contributed by atoms with E-state index in [-0.39, 0.29) is 17.4 Å². The summed E-state index contributed by atoms with van der Waals surface area (Å²) in [5.41, 5.74) is -0.352. The Hall–Kier alpha value is -1.06. The fraction of sp³-hybridized carbons (Fsp3) is 0.778. The number of carbonyl (C=O) groups excluding carboxylic acids is 2. The van der Waals surface area contributed by atoms with Crippen LogP contribution in [0, 0.1) is 5.41 Å². The van der Waals surface area contributed by atoms with E-state index in [0.717, 1.165) is 0 Å². The summed E-state index contributed by atoms with van der Waals surface area (Å²) in [5, 5.41) is 0. The zero-order valence-electron chi connectivity index (χ0n) is 9.13. The van der Waals surface area contributed by atoms with Crippen molar-refractivity contribution in [2.24, 2.45) is 5.41 Å². The number of hydrogen-bond acceptors (Lipinski definition) is 4. The first-order valence-electron chi connectivity index (χ1n) is 3.88. The standard InChI is InChI=1S/C6H12O2.C3H6O2/c1-6(2,3)5(7)8-4;1-3(4)5-2/h1-4H3;1-2H3. The zero-order valence-corrected chi connectivity index (χ0v) is 9.13. The predicted molar refractivity (Wildman–Crippen MR) is 49.2 cm³/mol.